The minimum Gasteiger partial charge on any atom is -0.380 e. The van der Waals surface area contributed by atoms with E-state index >= 15 is 0 Å². The van der Waals surface area contributed by atoms with Gasteiger partial charge >= 0.3 is 0 Å². The molecule has 0 unspecified atom stereocenters. The van der Waals surface area contributed by atoms with E-state index in [0.29, 0.717) is 5.82 Å². The molecule has 2 N–H and O–H groups in total. The first-order chi connectivity index (χ1) is 7.63. The quantitative estimate of drug-likeness (QED) is 0.839. The van der Waals surface area contributed by atoms with Gasteiger partial charge in [-0.15, -0.1) is 0 Å². The van der Waals surface area contributed by atoms with Crippen LogP contribution in [-0.2, 0) is 6.42 Å². The number of aryl methyl sites for hydroxylation is 3. The van der Waals surface area contributed by atoms with Crippen molar-refractivity contribution in [1.29, 1.82) is 0 Å². The van der Waals surface area contributed by atoms with E-state index in [2.05, 4.69) is 37.2 Å². The normalized spacial score (nSPS) is 10.7. The predicted molar refractivity (Wildman–Crippen MR) is 65.2 cm³/mol. The standard InChI is InChI=1S/C13H16N2O/c1-4-11-12(13(14)15-16-11)10-6-5-8(2)9(3)7-10/h5-7H,4H2,1-3H3,(H2,14,15). The van der Waals surface area contributed by atoms with Gasteiger partial charge in [-0.25, -0.2) is 0 Å². The van der Waals surface area contributed by atoms with E-state index in [0.717, 1.165) is 23.3 Å². The number of aromatic nitrogens is 1. The van der Waals surface area contributed by atoms with Gasteiger partial charge in [0.25, 0.3) is 0 Å². The molecule has 0 aliphatic carbocycles. The van der Waals surface area contributed by atoms with Crippen molar-refractivity contribution in [2.24, 2.45) is 0 Å². The van der Waals surface area contributed by atoms with Gasteiger partial charge in [0.2, 0.25) is 0 Å². The van der Waals surface area contributed by atoms with Crippen LogP contribution in [0.25, 0.3) is 11.1 Å². The average molecular weight is 216 g/mol. The minimum absolute atomic E-state index is 0.472. The van der Waals surface area contributed by atoms with Crippen LogP contribution >= 0.6 is 0 Å². The number of nitrogens with zero attached hydrogens (tertiary/aromatic N) is 1. The topological polar surface area (TPSA) is 52.0 Å². The molecule has 16 heavy (non-hydrogen) atoms. The van der Waals surface area contributed by atoms with E-state index in [1.807, 2.05) is 6.92 Å². The number of anilines is 1. The Bertz CT molecular complexity index is 515. The molecule has 1 aromatic heterocycles. The Morgan fingerprint density at radius 3 is 2.62 bits per heavy atom. The Morgan fingerprint density at radius 2 is 2.00 bits per heavy atom. The Morgan fingerprint density at radius 1 is 1.25 bits per heavy atom. The zero-order chi connectivity index (χ0) is 11.7. The van der Waals surface area contributed by atoms with Crippen LogP contribution in [0.2, 0.25) is 0 Å². The van der Waals surface area contributed by atoms with Crippen molar-refractivity contribution >= 4 is 5.82 Å². The molecular formula is C13H16N2O. The third kappa shape index (κ3) is 1.69. The highest BCUT2D eigenvalue weighted by Crippen LogP contribution is 2.30. The highest BCUT2D eigenvalue weighted by atomic mass is 16.5. The first-order valence-corrected chi connectivity index (χ1v) is 5.45. The fraction of sp³-hybridized carbons (Fsp3) is 0.308. The van der Waals surface area contributed by atoms with Crippen LogP contribution in [-0.4, -0.2) is 5.16 Å². The van der Waals surface area contributed by atoms with E-state index in [1.165, 1.54) is 11.1 Å². The first kappa shape index (κ1) is 10.7. The summed E-state index contributed by atoms with van der Waals surface area (Å²) < 4.78 is 5.19. The van der Waals surface area contributed by atoms with Crippen LogP contribution in [0.1, 0.15) is 23.8 Å². The lowest BCUT2D eigenvalue weighted by Crippen LogP contribution is -1.91. The van der Waals surface area contributed by atoms with Gasteiger partial charge in [0.1, 0.15) is 5.76 Å². The molecule has 0 fully saturated rings. The molecule has 0 spiro atoms. The number of hydrogen-bond donors (Lipinski definition) is 1. The fourth-order valence-corrected chi connectivity index (χ4v) is 1.79. The monoisotopic (exact) mass is 216 g/mol. The predicted octanol–water partition coefficient (Wildman–Crippen LogP) is 3.10. The Labute approximate surface area is 95.3 Å². The third-order valence-corrected chi connectivity index (χ3v) is 2.91. The molecular weight excluding hydrogens is 200 g/mol. The molecule has 1 aromatic carbocycles. The van der Waals surface area contributed by atoms with E-state index in [9.17, 15) is 0 Å². The molecule has 0 radical (unpaired) electrons. The van der Waals surface area contributed by atoms with Crippen molar-refractivity contribution in [3.05, 3.63) is 35.1 Å². The van der Waals surface area contributed by atoms with Gasteiger partial charge in [0.05, 0.1) is 5.56 Å². The van der Waals surface area contributed by atoms with Crippen molar-refractivity contribution in [1.82, 2.24) is 5.16 Å². The maximum Gasteiger partial charge on any atom is 0.175 e. The highest BCUT2D eigenvalue weighted by Gasteiger charge is 2.14. The summed E-state index contributed by atoms with van der Waals surface area (Å²) in [5.74, 6) is 1.32. The Kier molecular flexibility index (Phi) is 2.69. The summed E-state index contributed by atoms with van der Waals surface area (Å²) in [6, 6.07) is 6.28. The summed E-state index contributed by atoms with van der Waals surface area (Å²) in [4.78, 5) is 0. The van der Waals surface area contributed by atoms with Crippen molar-refractivity contribution in [2.45, 2.75) is 27.2 Å². The van der Waals surface area contributed by atoms with Gasteiger partial charge in [0.15, 0.2) is 5.82 Å². The van der Waals surface area contributed by atoms with Crippen molar-refractivity contribution < 1.29 is 4.52 Å². The fourth-order valence-electron chi connectivity index (χ4n) is 1.79. The molecule has 84 valence electrons. The minimum atomic E-state index is 0.472. The number of hydrogen-bond acceptors (Lipinski definition) is 3. The molecule has 3 heteroatoms. The zero-order valence-electron chi connectivity index (χ0n) is 9.87. The lowest BCUT2D eigenvalue weighted by atomic mass is 10.00. The number of benzene rings is 1. The molecule has 0 saturated carbocycles. The van der Waals surface area contributed by atoms with Crippen molar-refractivity contribution in [3.63, 3.8) is 0 Å². The molecule has 0 bridgehead atoms. The summed E-state index contributed by atoms with van der Waals surface area (Å²) in [7, 11) is 0. The summed E-state index contributed by atoms with van der Waals surface area (Å²) >= 11 is 0. The second-order valence-corrected chi connectivity index (χ2v) is 4.02. The zero-order valence-corrected chi connectivity index (χ0v) is 9.87. The number of nitrogens with two attached hydrogens (primary N) is 1. The lowest BCUT2D eigenvalue weighted by Gasteiger charge is -2.05. The van der Waals surface area contributed by atoms with Crippen molar-refractivity contribution in [3.8, 4) is 11.1 Å². The summed E-state index contributed by atoms with van der Waals surface area (Å²) in [6.07, 6.45) is 0.798. The van der Waals surface area contributed by atoms with E-state index in [-0.39, 0.29) is 0 Å². The molecule has 2 rings (SSSR count). The Hall–Kier alpha value is -1.77. The molecule has 0 aliphatic rings. The molecule has 0 atom stereocenters. The largest absolute Gasteiger partial charge is 0.380 e. The second-order valence-electron chi connectivity index (χ2n) is 4.02. The van der Waals surface area contributed by atoms with Crippen LogP contribution < -0.4 is 5.73 Å². The molecule has 1 heterocycles. The van der Waals surface area contributed by atoms with Gasteiger partial charge in [-0.1, -0.05) is 30.3 Å². The Balaban J connectivity index is 2.57. The SMILES string of the molecule is CCc1onc(N)c1-c1ccc(C)c(C)c1. The van der Waals surface area contributed by atoms with E-state index in [4.69, 9.17) is 10.3 Å². The molecule has 0 aliphatic heterocycles. The summed E-state index contributed by atoms with van der Waals surface area (Å²) in [5.41, 5.74) is 10.4. The van der Waals surface area contributed by atoms with Crippen LogP contribution in [0, 0.1) is 13.8 Å². The van der Waals surface area contributed by atoms with Crippen LogP contribution in [0.4, 0.5) is 5.82 Å². The lowest BCUT2D eigenvalue weighted by molar-refractivity contribution is 0.390. The number of nitrogen functional groups attached to an aromatic ring is 1. The van der Waals surface area contributed by atoms with Gasteiger partial charge < -0.3 is 10.3 Å². The third-order valence-electron chi connectivity index (χ3n) is 2.91. The van der Waals surface area contributed by atoms with Crippen LogP contribution in [0.5, 0.6) is 0 Å². The van der Waals surface area contributed by atoms with E-state index < -0.39 is 0 Å². The molecule has 2 aromatic rings. The van der Waals surface area contributed by atoms with Gasteiger partial charge in [0, 0.05) is 6.42 Å². The second kappa shape index (κ2) is 4.00. The maximum absolute atomic E-state index is 5.83. The highest BCUT2D eigenvalue weighted by molar-refractivity contribution is 5.76. The number of rotatable bonds is 2. The average Bonchev–Trinajstić information content (AvgIpc) is 2.64. The summed E-state index contributed by atoms with van der Waals surface area (Å²) in [5, 5.41) is 3.82. The summed E-state index contributed by atoms with van der Waals surface area (Å²) in [6.45, 7) is 6.22. The van der Waals surface area contributed by atoms with Crippen LogP contribution in [0.3, 0.4) is 0 Å². The van der Waals surface area contributed by atoms with Crippen molar-refractivity contribution in [2.75, 3.05) is 5.73 Å². The van der Waals surface area contributed by atoms with Gasteiger partial charge in [-0.3, -0.25) is 0 Å². The smallest absolute Gasteiger partial charge is 0.175 e. The maximum atomic E-state index is 5.83. The molecule has 3 nitrogen and oxygen atoms in total. The molecule has 0 saturated heterocycles. The van der Waals surface area contributed by atoms with Gasteiger partial charge in [-0.2, -0.15) is 0 Å². The van der Waals surface area contributed by atoms with Crippen LogP contribution in [0.15, 0.2) is 22.7 Å². The van der Waals surface area contributed by atoms with Gasteiger partial charge in [-0.05, 0) is 30.5 Å². The van der Waals surface area contributed by atoms with E-state index in [1.54, 1.807) is 0 Å². The molecule has 0 amide bonds. The first-order valence-electron chi connectivity index (χ1n) is 5.45.